The molecule has 108 valence electrons. The van der Waals surface area contributed by atoms with Gasteiger partial charge in [0.1, 0.15) is 5.69 Å². The van der Waals surface area contributed by atoms with E-state index in [1.54, 1.807) is 10.7 Å². The number of anilines is 1. The van der Waals surface area contributed by atoms with Gasteiger partial charge in [-0.1, -0.05) is 12.1 Å². The van der Waals surface area contributed by atoms with Crippen LogP contribution in [0, 0.1) is 6.92 Å². The molecule has 0 bridgehead atoms. The second-order valence-electron chi connectivity index (χ2n) is 4.54. The predicted octanol–water partition coefficient (Wildman–Crippen LogP) is 1.71. The van der Waals surface area contributed by atoms with Crippen molar-refractivity contribution in [2.24, 2.45) is 7.05 Å². The quantitative estimate of drug-likeness (QED) is 0.843. The number of nitrogens with one attached hydrogen (secondary N) is 1. The first-order chi connectivity index (χ1) is 9.06. The van der Waals surface area contributed by atoms with E-state index in [-0.39, 0.29) is 18.3 Å². The molecule has 0 atom stereocenters. The maximum atomic E-state index is 11.8. The Morgan fingerprint density at radius 3 is 2.55 bits per heavy atom. The fraction of sp³-hybridized carbons (Fsp3) is 0.286. The van der Waals surface area contributed by atoms with Crippen LogP contribution in [-0.4, -0.2) is 22.2 Å². The minimum absolute atomic E-state index is 0. The molecule has 1 aromatic carbocycles. The first-order valence-corrected chi connectivity index (χ1v) is 6.19. The van der Waals surface area contributed by atoms with E-state index in [0.29, 0.717) is 12.2 Å². The SMILES string of the molecule is Cc1cc(C(=O)NCCc2ccc(N)cc2)nn1C.Cl. The summed E-state index contributed by atoms with van der Waals surface area (Å²) in [5, 5.41) is 6.99. The highest BCUT2D eigenvalue weighted by atomic mass is 35.5. The van der Waals surface area contributed by atoms with Crippen LogP contribution in [0.1, 0.15) is 21.7 Å². The first kappa shape index (κ1) is 16.0. The van der Waals surface area contributed by atoms with Crippen molar-refractivity contribution in [1.29, 1.82) is 0 Å². The van der Waals surface area contributed by atoms with Gasteiger partial charge in [-0.15, -0.1) is 12.4 Å². The highest BCUT2D eigenvalue weighted by molar-refractivity contribution is 5.92. The van der Waals surface area contributed by atoms with Gasteiger partial charge in [-0.25, -0.2) is 0 Å². The number of benzene rings is 1. The smallest absolute Gasteiger partial charge is 0.271 e. The zero-order valence-corrected chi connectivity index (χ0v) is 12.4. The molecule has 0 fully saturated rings. The van der Waals surface area contributed by atoms with Crippen LogP contribution in [-0.2, 0) is 13.5 Å². The normalized spacial score (nSPS) is 9.90. The Bertz CT molecular complexity index is 558. The van der Waals surface area contributed by atoms with Crippen molar-refractivity contribution < 1.29 is 4.79 Å². The lowest BCUT2D eigenvalue weighted by Gasteiger charge is -2.04. The van der Waals surface area contributed by atoms with Gasteiger partial charge < -0.3 is 11.1 Å². The number of rotatable bonds is 4. The second kappa shape index (κ2) is 6.96. The van der Waals surface area contributed by atoms with Crippen molar-refractivity contribution in [2.75, 3.05) is 12.3 Å². The minimum atomic E-state index is -0.140. The van der Waals surface area contributed by atoms with Crippen LogP contribution in [0.15, 0.2) is 30.3 Å². The van der Waals surface area contributed by atoms with Crippen LogP contribution in [0.5, 0.6) is 0 Å². The molecule has 0 spiro atoms. The van der Waals surface area contributed by atoms with E-state index in [0.717, 1.165) is 23.4 Å². The molecule has 20 heavy (non-hydrogen) atoms. The van der Waals surface area contributed by atoms with Crippen molar-refractivity contribution in [3.8, 4) is 0 Å². The predicted molar refractivity (Wildman–Crippen MR) is 82.1 cm³/mol. The van der Waals surface area contributed by atoms with E-state index in [1.165, 1.54) is 0 Å². The average molecular weight is 295 g/mol. The van der Waals surface area contributed by atoms with Gasteiger partial charge >= 0.3 is 0 Å². The fourth-order valence-electron chi connectivity index (χ4n) is 1.77. The molecule has 0 aliphatic rings. The summed E-state index contributed by atoms with van der Waals surface area (Å²) in [4.78, 5) is 11.8. The summed E-state index contributed by atoms with van der Waals surface area (Å²) in [6, 6.07) is 9.43. The lowest BCUT2D eigenvalue weighted by molar-refractivity contribution is 0.0948. The third kappa shape index (κ3) is 3.99. The largest absolute Gasteiger partial charge is 0.399 e. The molecule has 1 amide bonds. The van der Waals surface area contributed by atoms with Crippen LogP contribution < -0.4 is 11.1 Å². The summed E-state index contributed by atoms with van der Waals surface area (Å²) in [7, 11) is 1.82. The Kier molecular flexibility index (Phi) is 5.58. The molecule has 2 aromatic rings. The number of carbonyl (C=O) groups is 1. The van der Waals surface area contributed by atoms with E-state index in [4.69, 9.17) is 5.73 Å². The number of hydrogen-bond acceptors (Lipinski definition) is 3. The van der Waals surface area contributed by atoms with Gasteiger partial charge in [-0.05, 0) is 37.1 Å². The summed E-state index contributed by atoms with van der Waals surface area (Å²) < 4.78 is 1.69. The highest BCUT2D eigenvalue weighted by Crippen LogP contribution is 2.06. The molecule has 5 nitrogen and oxygen atoms in total. The van der Waals surface area contributed by atoms with Gasteiger partial charge in [-0.3, -0.25) is 9.48 Å². The molecule has 0 radical (unpaired) electrons. The number of carbonyl (C=O) groups excluding carboxylic acids is 1. The van der Waals surface area contributed by atoms with Crippen LogP contribution in [0.25, 0.3) is 0 Å². The maximum absolute atomic E-state index is 11.8. The number of nitrogens with two attached hydrogens (primary N) is 1. The van der Waals surface area contributed by atoms with E-state index < -0.39 is 0 Å². The molecule has 0 saturated carbocycles. The van der Waals surface area contributed by atoms with Gasteiger partial charge in [0, 0.05) is 25.0 Å². The van der Waals surface area contributed by atoms with Gasteiger partial charge in [0.15, 0.2) is 0 Å². The first-order valence-electron chi connectivity index (χ1n) is 6.19. The van der Waals surface area contributed by atoms with Gasteiger partial charge in [-0.2, -0.15) is 5.10 Å². The van der Waals surface area contributed by atoms with Crippen LogP contribution >= 0.6 is 12.4 Å². The van der Waals surface area contributed by atoms with Crippen molar-refractivity contribution in [1.82, 2.24) is 15.1 Å². The molecule has 6 heteroatoms. The molecule has 3 N–H and O–H groups in total. The highest BCUT2D eigenvalue weighted by Gasteiger charge is 2.09. The molecule has 0 aliphatic heterocycles. The second-order valence-corrected chi connectivity index (χ2v) is 4.54. The molecular weight excluding hydrogens is 276 g/mol. The zero-order valence-electron chi connectivity index (χ0n) is 11.6. The molecule has 0 aliphatic carbocycles. The molecule has 0 saturated heterocycles. The monoisotopic (exact) mass is 294 g/mol. The van der Waals surface area contributed by atoms with Crippen molar-refractivity contribution in [3.63, 3.8) is 0 Å². The molecule has 2 rings (SSSR count). The minimum Gasteiger partial charge on any atom is -0.399 e. The summed E-state index contributed by atoms with van der Waals surface area (Å²) >= 11 is 0. The lowest BCUT2D eigenvalue weighted by Crippen LogP contribution is -2.26. The third-order valence-electron chi connectivity index (χ3n) is 3.03. The molecule has 0 unspecified atom stereocenters. The average Bonchev–Trinajstić information content (AvgIpc) is 2.72. The lowest BCUT2D eigenvalue weighted by atomic mass is 10.1. The number of aromatic nitrogens is 2. The Balaban J connectivity index is 0.00000200. The Hall–Kier alpha value is -2.01. The van der Waals surface area contributed by atoms with Crippen LogP contribution in [0.2, 0.25) is 0 Å². The number of hydrogen-bond donors (Lipinski definition) is 2. The Morgan fingerprint density at radius 2 is 2.00 bits per heavy atom. The van der Waals surface area contributed by atoms with Crippen molar-refractivity contribution in [2.45, 2.75) is 13.3 Å². The summed E-state index contributed by atoms with van der Waals surface area (Å²) in [6.45, 7) is 2.50. The summed E-state index contributed by atoms with van der Waals surface area (Å²) in [6.07, 6.45) is 0.776. The van der Waals surface area contributed by atoms with Gasteiger partial charge in [0.25, 0.3) is 5.91 Å². The number of nitrogens with zero attached hydrogens (tertiary/aromatic N) is 2. The summed E-state index contributed by atoms with van der Waals surface area (Å²) in [5.74, 6) is -0.140. The van der Waals surface area contributed by atoms with Gasteiger partial charge in [0.2, 0.25) is 0 Å². The summed E-state index contributed by atoms with van der Waals surface area (Å²) in [5.41, 5.74) is 8.93. The number of aryl methyl sites for hydroxylation is 2. The zero-order chi connectivity index (χ0) is 13.8. The van der Waals surface area contributed by atoms with E-state index >= 15 is 0 Å². The molecule has 1 aromatic heterocycles. The van der Waals surface area contributed by atoms with Crippen molar-refractivity contribution in [3.05, 3.63) is 47.3 Å². The number of halogens is 1. The third-order valence-corrected chi connectivity index (χ3v) is 3.03. The van der Waals surface area contributed by atoms with Crippen LogP contribution in [0.3, 0.4) is 0 Å². The maximum Gasteiger partial charge on any atom is 0.271 e. The standard InChI is InChI=1S/C14H18N4O.ClH/c1-10-9-13(17-18(10)2)14(19)16-8-7-11-3-5-12(15)6-4-11;/h3-6,9H,7-8,15H2,1-2H3,(H,16,19);1H. The molecular formula is C14H19ClN4O. The fourth-order valence-corrected chi connectivity index (χ4v) is 1.77. The van der Waals surface area contributed by atoms with E-state index in [9.17, 15) is 4.79 Å². The Morgan fingerprint density at radius 1 is 1.35 bits per heavy atom. The number of nitrogen functional groups attached to an aromatic ring is 1. The van der Waals surface area contributed by atoms with E-state index in [1.807, 2.05) is 38.2 Å². The number of amides is 1. The van der Waals surface area contributed by atoms with Crippen molar-refractivity contribution >= 4 is 24.0 Å². The van der Waals surface area contributed by atoms with E-state index in [2.05, 4.69) is 10.4 Å². The van der Waals surface area contributed by atoms with Crippen LogP contribution in [0.4, 0.5) is 5.69 Å². The topological polar surface area (TPSA) is 72.9 Å². The van der Waals surface area contributed by atoms with Gasteiger partial charge in [0.05, 0.1) is 0 Å². The Labute approximate surface area is 124 Å². The molecule has 1 heterocycles.